The van der Waals surface area contributed by atoms with Gasteiger partial charge < -0.3 is 4.74 Å². The highest BCUT2D eigenvalue weighted by molar-refractivity contribution is 9.10. The summed E-state index contributed by atoms with van der Waals surface area (Å²) in [7, 11) is 0. The van der Waals surface area contributed by atoms with Crippen molar-refractivity contribution in [1.29, 1.82) is 0 Å². The molecule has 0 N–H and O–H groups in total. The third-order valence-corrected chi connectivity index (χ3v) is 4.88. The maximum Gasteiger partial charge on any atom is 0.414 e. The van der Waals surface area contributed by atoms with Crippen LogP contribution in [-0.4, -0.2) is 18.4 Å². The number of hydrogen-bond acceptors (Lipinski definition) is 3. The van der Waals surface area contributed by atoms with Gasteiger partial charge >= 0.3 is 6.09 Å². The first kappa shape index (κ1) is 14.5. The number of halogens is 1. The topological polar surface area (TPSA) is 29.5 Å². The number of anilines is 1. The van der Waals surface area contributed by atoms with Crippen LogP contribution in [0.25, 0.3) is 0 Å². The summed E-state index contributed by atoms with van der Waals surface area (Å²) in [6.07, 6.45) is -0.299. The molecular formula is C16H14BrNO2S. The predicted octanol–water partition coefficient (Wildman–Crippen LogP) is 4.70. The van der Waals surface area contributed by atoms with Crippen LogP contribution >= 0.6 is 27.7 Å². The van der Waals surface area contributed by atoms with E-state index in [0.717, 1.165) is 26.4 Å². The fraction of sp³-hybridized carbons (Fsp3) is 0.188. The average Bonchev–Trinajstić information content (AvgIpc) is 2.53. The minimum Gasteiger partial charge on any atom is -0.444 e. The summed E-state index contributed by atoms with van der Waals surface area (Å²) in [6, 6.07) is 15.7. The lowest BCUT2D eigenvalue weighted by Crippen LogP contribution is -2.36. The smallest absolute Gasteiger partial charge is 0.414 e. The van der Waals surface area contributed by atoms with Crippen molar-refractivity contribution in [3.8, 4) is 0 Å². The third kappa shape index (κ3) is 3.24. The molecular weight excluding hydrogens is 350 g/mol. The Morgan fingerprint density at radius 2 is 2.00 bits per heavy atom. The van der Waals surface area contributed by atoms with Crippen molar-refractivity contribution < 1.29 is 9.53 Å². The molecule has 1 amide bonds. The molecule has 0 radical (unpaired) electrons. The van der Waals surface area contributed by atoms with Gasteiger partial charge in [0.05, 0.1) is 5.69 Å². The third-order valence-electron chi connectivity index (χ3n) is 3.22. The summed E-state index contributed by atoms with van der Waals surface area (Å²) in [4.78, 5) is 15.2. The molecule has 1 aliphatic rings. The second kappa shape index (κ2) is 6.54. The number of hydrogen-bond donors (Lipinski definition) is 0. The van der Waals surface area contributed by atoms with Gasteiger partial charge in [-0.1, -0.05) is 36.4 Å². The van der Waals surface area contributed by atoms with E-state index in [1.54, 1.807) is 16.7 Å². The van der Waals surface area contributed by atoms with Crippen LogP contribution < -0.4 is 4.90 Å². The molecule has 3 nitrogen and oxygen atoms in total. The van der Waals surface area contributed by atoms with Gasteiger partial charge in [0.1, 0.15) is 6.61 Å². The first-order valence-electron chi connectivity index (χ1n) is 6.65. The number of nitrogens with zero attached hydrogens (tertiary/aromatic N) is 1. The lowest BCUT2D eigenvalue weighted by atomic mass is 10.2. The molecule has 1 aliphatic heterocycles. The Bertz CT molecular complexity index is 648. The number of ether oxygens (including phenoxy) is 1. The normalized spacial score (nSPS) is 13.7. The molecule has 2 aromatic rings. The van der Waals surface area contributed by atoms with Crippen LogP contribution in [-0.2, 0) is 11.3 Å². The highest BCUT2D eigenvalue weighted by Gasteiger charge is 2.26. The van der Waals surface area contributed by atoms with Crippen LogP contribution in [0.3, 0.4) is 0 Å². The Kier molecular flexibility index (Phi) is 4.51. The molecule has 0 bridgehead atoms. The van der Waals surface area contributed by atoms with Gasteiger partial charge in [0.25, 0.3) is 0 Å². The standard InChI is InChI=1S/C16H14BrNO2S/c17-13-7-4-8-14-15(13)18(9-10-21-14)16(19)20-11-12-5-2-1-3-6-12/h1-8H,9-11H2. The highest BCUT2D eigenvalue weighted by atomic mass is 79.9. The van der Waals surface area contributed by atoms with Gasteiger partial charge in [-0.05, 0) is 33.6 Å². The summed E-state index contributed by atoms with van der Waals surface area (Å²) >= 11 is 5.28. The summed E-state index contributed by atoms with van der Waals surface area (Å²) in [6.45, 7) is 0.955. The van der Waals surface area contributed by atoms with E-state index in [1.807, 2.05) is 48.5 Å². The number of para-hydroxylation sites is 1. The summed E-state index contributed by atoms with van der Waals surface area (Å²) in [5, 5.41) is 0. The van der Waals surface area contributed by atoms with E-state index in [0.29, 0.717) is 13.2 Å². The fourth-order valence-electron chi connectivity index (χ4n) is 2.21. The van der Waals surface area contributed by atoms with E-state index in [1.165, 1.54) is 0 Å². The molecule has 0 spiro atoms. The predicted molar refractivity (Wildman–Crippen MR) is 88.8 cm³/mol. The Labute approximate surface area is 136 Å². The first-order valence-corrected chi connectivity index (χ1v) is 8.43. The fourth-order valence-corrected chi connectivity index (χ4v) is 3.95. The summed E-state index contributed by atoms with van der Waals surface area (Å²) in [5.74, 6) is 0.879. The van der Waals surface area contributed by atoms with Gasteiger partial charge in [0.15, 0.2) is 0 Å². The van der Waals surface area contributed by atoms with Crippen molar-refractivity contribution in [3.63, 3.8) is 0 Å². The quantitative estimate of drug-likeness (QED) is 0.774. The molecule has 0 fully saturated rings. The largest absolute Gasteiger partial charge is 0.444 e. The van der Waals surface area contributed by atoms with E-state index in [9.17, 15) is 4.79 Å². The van der Waals surface area contributed by atoms with Gasteiger partial charge in [0.2, 0.25) is 0 Å². The number of rotatable bonds is 2. The van der Waals surface area contributed by atoms with Crippen molar-refractivity contribution in [3.05, 3.63) is 58.6 Å². The SMILES string of the molecule is O=C(OCc1ccccc1)N1CCSc2cccc(Br)c21. The van der Waals surface area contributed by atoms with Crippen molar-refractivity contribution >= 4 is 39.5 Å². The van der Waals surface area contributed by atoms with Gasteiger partial charge in [-0.2, -0.15) is 0 Å². The molecule has 2 aromatic carbocycles. The van der Waals surface area contributed by atoms with Crippen LogP contribution in [0.5, 0.6) is 0 Å². The van der Waals surface area contributed by atoms with Crippen molar-refractivity contribution in [2.75, 3.05) is 17.2 Å². The van der Waals surface area contributed by atoms with Gasteiger partial charge in [-0.15, -0.1) is 11.8 Å². The lowest BCUT2D eigenvalue weighted by Gasteiger charge is -2.29. The number of fused-ring (bicyclic) bond motifs is 1. The van der Waals surface area contributed by atoms with Crippen LogP contribution in [0, 0.1) is 0 Å². The lowest BCUT2D eigenvalue weighted by molar-refractivity contribution is 0.147. The second-order valence-corrected chi connectivity index (χ2v) is 6.62. The number of benzene rings is 2. The monoisotopic (exact) mass is 363 g/mol. The average molecular weight is 364 g/mol. The van der Waals surface area contributed by atoms with Crippen LogP contribution in [0.15, 0.2) is 57.9 Å². The van der Waals surface area contributed by atoms with Gasteiger partial charge in [0, 0.05) is 21.7 Å². The maximum atomic E-state index is 12.4. The molecule has 108 valence electrons. The Hall–Kier alpha value is -1.46. The maximum absolute atomic E-state index is 12.4. The molecule has 3 rings (SSSR count). The summed E-state index contributed by atoms with van der Waals surface area (Å²) in [5.41, 5.74) is 1.90. The van der Waals surface area contributed by atoms with E-state index in [-0.39, 0.29) is 6.09 Å². The van der Waals surface area contributed by atoms with Crippen molar-refractivity contribution in [2.45, 2.75) is 11.5 Å². The van der Waals surface area contributed by atoms with E-state index in [2.05, 4.69) is 15.9 Å². The Balaban J connectivity index is 1.75. The minimum absolute atomic E-state index is 0.295. The second-order valence-electron chi connectivity index (χ2n) is 4.63. The zero-order valence-corrected chi connectivity index (χ0v) is 13.7. The van der Waals surface area contributed by atoms with Gasteiger partial charge in [-0.3, -0.25) is 4.90 Å². The molecule has 0 saturated carbocycles. The molecule has 0 aromatic heterocycles. The molecule has 0 aliphatic carbocycles. The van der Waals surface area contributed by atoms with Crippen molar-refractivity contribution in [1.82, 2.24) is 0 Å². The van der Waals surface area contributed by atoms with Crippen LogP contribution in [0.1, 0.15) is 5.56 Å². The molecule has 21 heavy (non-hydrogen) atoms. The Morgan fingerprint density at radius 1 is 1.19 bits per heavy atom. The zero-order chi connectivity index (χ0) is 14.7. The van der Waals surface area contributed by atoms with E-state index < -0.39 is 0 Å². The number of amides is 1. The van der Waals surface area contributed by atoms with Crippen LogP contribution in [0.4, 0.5) is 10.5 Å². The highest BCUT2D eigenvalue weighted by Crippen LogP contribution is 2.40. The molecule has 5 heteroatoms. The van der Waals surface area contributed by atoms with Crippen LogP contribution in [0.2, 0.25) is 0 Å². The Morgan fingerprint density at radius 3 is 2.81 bits per heavy atom. The van der Waals surface area contributed by atoms with E-state index in [4.69, 9.17) is 4.74 Å². The van der Waals surface area contributed by atoms with E-state index >= 15 is 0 Å². The molecule has 0 saturated heterocycles. The first-order chi connectivity index (χ1) is 10.3. The molecule has 1 heterocycles. The number of carbonyl (C=O) groups is 1. The zero-order valence-electron chi connectivity index (χ0n) is 11.3. The minimum atomic E-state index is -0.299. The summed E-state index contributed by atoms with van der Waals surface area (Å²) < 4.78 is 6.36. The van der Waals surface area contributed by atoms with Crippen molar-refractivity contribution in [2.24, 2.45) is 0 Å². The molecule has 0 unspecified atom stereocenters. The number of thioether (sulfide) groups is 1. The number of carbonyl (C=O) groups excluding carboxylic acids is 1. The molecule has 0 atom stereocenters. The van der Waals surface area contributed by atoms with Gasteiger partial charge in [-0.25, -0.2) is 4.79 Å².